The highest BCUT2D eigenvalue weighted by molar-refractivity contribution is 5.92. The number of aryl methyl sites for hydroxylation is 1. The van der Waals surface area contributed by atoms with Crippen molar-refractivity contribution in [3.63, 3.8) is 0 Å². The van der Waals surface area contributed by atoms with Crippen LogP contribution in [0.25, 0.3) is 22.9 Å². The van der Waals surface area contributed by atoms with Gasteiger partial charge in [-0.3, -0.25) is 4.98 Å². The van der Waals surface area contributed by atoms with E-state index in [9.17, 15) is 0 Å². The van der Waals surface area contributed by atoms with Crippen LogP contribution in [0.5, 0.6) is 0 Å². The van der Waals surface area contributed by atoms with E-state index in [0.717, 1.165) is 18.8 Å². The van der Waals surface area contributed by atoms with Gasteiger partial charge >= 0.3 is 0 Å². The van der Waals surface area contributed by atoms with Crippen LogP contribution in [-0.2, 0) is 0 Å². The van der Waals surface area contributed by atoms with E-state index >= 15 is 0 Å². The summed E-state index contributed by atoms with van der Waals surface area (Å²) in [5.74, 6) is 0. The monoisotopic (exact) mass is 352 g/mol. The molecule has 0 aliphatic heterocycles. The van der Waals surface area contributed by atoms with Gasteiger partial charge in [0.2, 0.25) is 0 Å². The molecule has 3 rings (SSSR count). The molecule has 0 saturated carbocycles. The van der Waals surface area contributed by atoms with Crippen molar-refractivity contribution in [3.8, 4) is 0 Å². The Kier molecular flexibility index (Phi) is 6.60. The predicted octanol–water partition coefficient (Wildman–Crippen LogP) is 5.98. The molecule has 3 aromatic rings. The molecule has 0 aliphatic carbocycles. The van der Waals surface area contributed by atoms with Crippen molar-refractivity contribution in [2.24, 2.45) is 0 Å². The van der Waals surface area contributed by atoms with Crippen molar-refractivity contribution in [3.05, 3.63) is 71.5 Å². The molecular weight excluding hydrogens is 328 g/mol. The maximum absolute atomic E-state index is 4.57. The first kappa shape index (κ1) is 19.0. The van der Waals surface area contributed by atoms with Gasteiger partial charge < -0.3 is 4.90 Å². The standard InChI is InChI=1S/C22H24N2.ClH/c1-4-24(5-2)22-15-20(23-16-17(22)3)14-13-19-11-8-10-18-9-6-7-12-21(18)19;/h6-16H,4-5H2,1-3H3;1H/b14-13-;. The number of halogens is 1. The van der Waals surface area contributed by atoms with E-state index in [2.05, 4.69) is 91.3 Å². The summed E-state index contributed by atoms with van der Waals surface area (Å²) in [6.45, 7) is 8.52. The van der Waals surface area contributed by atoms with Crippen molar-refractivity contribution in [1.29, 1.82) is 0 Å². The fraction of sp³-hybridized carbons (Fsp3) is 0.227. The van der Waals surface area contributed by atoms with E-state index in [-0.39, 0.29) is 12.4 Å². The average Bonchev–Trinajstić information content (AvgIpc) is 2.63. The SMILES string of the molecule is CCN(CC)c1cc(/C=C\c2cccc3ccccc23)ncc1C.Cl. The number of benzene rings is 2. The minimum atomic E-state index is 0. The van der Waals surface area contributed by atoms with Crippen molar-refractivity contribution in [1.82, 2.24) is 4.98 Å². The third-order valence-corrected chi connectivity index (χ3v) is 4.46. The Morgan fingerprint density at radius 3 is 2.44 bits per heavy atom. The molecule has 2 aromatic carbocycles. The van der Waals surface area contributed by atoms with Crippen LogP contribution < -0.4 is 4.90 Å². The highest BCUT2D eigenvalue weighted by Gasteiger charge is 2.06. The van der Waals surface area contributed by atoms with Crippen LogP contribution in [0.1, 0.15) is 30.7 Å². The molecule has 0 unspecified atom stereocenters. The van der Waals surface area contributed by atoms with E-state index in [4.69, 9.17) is 0 Å². The van der Waals surface area contributed by atoms with Crippen LogP contribution >= 0.6 is 12.4 Å². The third kappa shape index (κ3) is 4.21. The number of anilines is 1. The number of aromatic nitrogens is 1. The van der Waals surface area contributed by atoms with Gasteiger partial charge in [0.25, 0.3) is 0 Å². The van der Waals surface area contributed by atoms with Crippen LogP contribution in [0, 0.1) is 6.92 Å². The van der Waals surface area contributed by atoms with Crippen LogP contribution in [-0.4, -0.2) is 18.1 Å². The van der Waals surface area contributed by atoms with E-state index in [1.54, 1.807) is 0 Å². The van der Waals surface area contributed by atoms with Crippen molar-refractivity contribution in [2.45, 2.75) is 20.8 Å². The summed E-state index contributed by atoms with van der Waals surface area (Å²) < 4.78 is 0. The maximum Gasteiger partial charge on any atom is 0.0650 e. The molecule has 0 atom stereocenters. The molecular formula is C22H25ClN2. The van der Waals surface area contributed by atoms with Gasteiger partial charge in [0.05, 0.1) is 5.69 Å². The van der Waals surface area contributed by atoms with E-state index in [1.807, 2.05) is 6.20 Å². The first-order chi connectivity index (χ1) is 11.7. The molecule has 0 aliphatic rings. The lowest BCUT2D eigenvalue weighted by Crippen LogP contribution is -2.22. The second-order valence-electron chi connectivity index (χ2n) is 5.97. The zero-order valence-corrected chi connectivity index (χ0v) is 15.9. The molecule has 0 saturated heterocycles. The molecule has 0 bridgehead atoms. The summed E-state index contributed by atoms with van der Waals surface area (Å²) in [5.41, 5.74) is 4.71. The van der Waals surface area contributed by atoms with Gasteiger partial charge in [0.1, 0.15) is 0 Å². The minimum Gasteiger partial charge on any atom is -0.372 e. The van der Waals surface area contributed by atoms with Crippen molar-refractivity contribution in [2.75, 3.05) is 18.0 Å². The van der Waals surface area contributed by atoms with Crippen LogP contribution in [0.4, 0.5) is 5.69 Å². The Morgan fingerprint density at radius 2 is 1.68 bits per heavy atom. The molecule has 3 heteroatoms. The average molecular weight is 353 g/mol. The summed E-state index contributed by atoms with van der Waals surface area (Å²) in [7, 11) is 0. The highest BCUT2D eigenvalue weighted by atomic mass is 35.5. The fourth-order valence-corrected chi connectivity index (χ4v) is 3.10. The maximum atomic E-state index is 4.57. The van der Waals surface area contributed by atoms with Gasteiger partial charge in [-0.1, -0.05) is 48.5 Å². The Labute approximate surface area is 156 Å². The van der Waals surface area contributed by atoms with Gasteiger partial charge in [-0.2, -0.15) is 0 Å². The number of pyridine rings is 1. The smallest absolute Gasteiger partial charge is 0.0650 e. The van der Waals surface area contributed by atoms with Crippen LogP contribution in [0.3, 0.4) is 0 Å². The quantitative estimate of drug-likeness (QED) is 0.561. The first-order valence-electron chi connectivity index (χ1n) is 8.60. The summed E-state index contributed by atoms with van der Waals surface area (Å²) in [6.07, 6.45) is 6.23. The van der Waals surface area contributed by atoms with Gasteiger partial charge in [-0.05, 0) is 54.8 Å². The molecule has 0 radical (unpaired) electrons. The highest BCUT2D eigenvalue weighted by Crippen LogP contribution is 2.23. The number of nitrogens with zero attached hydrogens (tertiary/aromatic N) is 2. The zero-order chi connectivity index (χ0) is 16.9. The lowest BCUT2D eigenvalue weighted by Gasteiger charge is -2.23. The lowest BCUT2D eigenvalue weighted by atomic mass is 10.0. The number of hydrogen-bond donors (Lipinski definition) is 0. The summed E-state index contributed by atoms with van der Waals surface area (Å²) in [4.78, 5) is 6.94. The molecule has 130 valence electrons. The summed E-state index contributed by atoms with van der Waals surface area (Å²) >= 11 is 0. The molecule has 0 spiro atoms. The molecule has 0 N–H and O–H groups in total. The number of fused-ring (bicyclic) bond motifs is 1. The van der Waals surface area contributed by atoms with E-state index in [1.165, 1.54) is 27.6 Å². The Bertz CT molecular complexity index is 862. The number of hydrogen-bond acceptors (Lipinski definition) is 2. The molecule has 1 heterocycles. The van der Waals surface area contributed by atoms with Crippen molar-refractivity contribution < 1.29 is 0 Å². The molecule has 1 aromatic heterocycles. The topological polar surface area (TPSA) is 16.1 Å². The Hall–Kier alpha value is -2.32. The first-order valence-corrected chi connectivity index (χ1v) is 8.60. The number of rotatable bonds is 5. The van der Waals surface area contributed by atoms with Gasteiger partial charge in [0, 0.05) is 25.0 Å². The normalized spacial score (nSPS) is 10.8. The van der Waals surface area contributed by atoms with Crippen molar-refractivity contribution >= 4 is 41.0 Å². The zero-order valence-electron chi connectivity index (χ0n) is 15.1. The van der Waals surface area contributed by atoms with E-state index < -0.39 is 0 Å². The van der Waals surface area contributed by atoms with E-state index in [0.29, 0.717) is 0 Å². The minimum absolute atomic E-state index is 0. The van der Waals surface area contributed by atoms with Crippen LogP contribution in [0.15, 0.2) is 54.7 Å². The Balaban J connectivity index is 0.00000225. The third-order valence-electron chi connectivity index (χ3n) is 4.46. The molecule has 25 heavy (non-hydrogen) atoms. The molecule has 0 amide bonds. The summed E-state index contributed by atoms with van der Waals surface area (Å²) in [5, 5.41) is 2.53. The lowest BCUT2D eigenvalue weighted by molar-refractivity contribution is 0.859. The fourth-order valence-electron chi connectivity index (χ4n) is 3.10. The second-order valence-corrected chi connectivity index (χ2v) is 5.97. The predicted molar refractivity (Wildman–Crippen MR) is 113 cm³/mol. The molecule has 2 nitrogen and oxygen atoms in total. The summed E-state index contributed by atoms with van der Waals surface area (Å²) in [6, 6.07) is 17.1. The van der Waals surface area contributed by atoms with Gasteiger partial charge in [-0.25, -0.2) is 0 Å². The Morgan fingerprint density at radius 1 is 0.960 bits per heavy atom. The second kappa shape index (κ2) is 8.68. The largest absolute Gasteiger partial charge is 0.372 e. The van der Waals surface area contributed by atoms with Gasteiger partial charge in [0.15, 0.2) is 0 Å². The van der Waals surface area contributed by atoms with Gasteiger partial charge in [-0.15, -0.1) is 12.4 Å². The molecule has 0 fully saturated rings. The van der Waals surface area contributed by atoms with Crippen LogP contribution in [0.2, 0.25) is 0 Å².